The second kappa shape index (κ2) is 7.07. The van der Waals surface area contributed by atoms with Gasteiger partial charge >= 0.3 is 0 Å². The summed E-state index contributed by atoms with van der Waals surface area (Å²) in [6, 6.07) is 0.556. The molecule has 0 aromatic rings. The van der Waals surface area contributed by atoms with Gasteiger partial charge in [-0.1, -0.05) is 27.7 Å². The predicted molar refractivity (Wildman–Crippen MR) is 58.9 cm³/mol. The number of carbonyl (C=O) groups excluding carboxylic acids is 1. The number of nitrogens with one attached hydrogen (secondary N) is 1. The Labute approximate surface area is 83.6 Å². The van der Waals surface area contributed by atoms with Crippen LogP contribution in [0.15, 0.2) is 0 Å². The summed E-state index contributed by atoms with van der Waals surface area (Å²) in [5.41, 5.74) is 0. The average molecular weight is 187 g/mol. The first-order valence-corrected chi connectivity index (χ1v) is 5.30. The molecule has 2 nitrogen and oxygen atoms in total. The lowest BCUT2D eigenvalue weighted by Gasteiger charge is -2.07. The maximum absolute atomic E-state index is 11.2. The third-order valence-electron chi connectivity index (χ3n) is 2.05. The van der Waals surface area contributed by atoms with Crippen molar-refractivity contribution in [3.63, 3.8) is 0 Å². The molecular formula is C11H25NO. The van der Waals surface area contributed by atoms with Crippen molar-refractivity contribution >= 4 is 5.78 Å². The second-order valence-electron chi connectivity index (χ2n) is 4.19. The molecule has 1 N–H and O–H groups in total. The van der Waals surface area contributed by atoms with Crippen molar-refractivity contribution in [2.75, 3.05) is 6.54 Å². The highest BCUT2D eigenvalue weighted by molar-refractivity contribution is 5.80. The maximum Gasteiger partial charge on any atom is 0.135 e. The molecule has 0 saturated carbocycles. The molecule has 0 rings (SSSR count). The number of unbranched alkanes of at least 4 members (excludes halogenated alkanes) is 1. The summed E-state index contributed by atoms with van der Waals surface area (Å²) in [6.45, 7) is 9.24. The minimum atomic E-state index is 0. The summed E-state index contributed by atoms with van der Waals surface area (Å²) < 4.78 is 0. The highest BCUT2D eigenvalue weighted by Crippen LogP contribution is 2.03. The molecule has 0 bridgehead atoms. The molecule has 0 aromatic carbocycles. The van der Waals surface area contributed by atoms with Crippen LogP contribution in [0.5, 0.6) is 0 Å². The summed E-state index contributed by atoms with van der Waals surface area (Å²) in [5, 5.41) is 3.34. The van der Waals surface area contributed by atoms with Gasteiger partial charge in [-0.15, -0.1) is 0 Å². The van der Waals surface area contributed by atoms with E-state index in [1.807, 2.05) is 13.8 Å². The topological polar surface area (TPSA) is 29.1 Å². The zero-order chi connectivity index (χ0) is 10.3. The van der Waals surface area contributed by atoms with E-state index in [4.69, 9.17) is 0 Å². The third-order valence-corrected chi connectivity index (χ3v) is 2.05. The van der Waals surface area contributed by atoms with Gasteiger partial charge in [0.25, 0.3) is 0 Å². The van der Waals surface area contributed by atoms with E-state index in [-0.39, 0.29) is 7.34 Å². The van der Waals surface area contributed by atoms with Gasteiger partial charge in [0, 0.05) is 19.8 Å². The molecule has 0 amide bonds. The minimum absolute atomic E-state index is 0. The predicted octanol–water partition coefficient (Wildman–Crippen LogP) is 2.63. The molecule has 2 heteroatoms. The molecule has 0 aromatic heterocycles. The lowest BCUT2D eigenvalue weighted by Crippen LogP contribution is -2.23. The monoisotopic (exact) mass is 187 g/mol. The molecule has 0 heterocycles. The van der Waals surface area contributed by atoms with E-state index in [2.05, 4.69) is 19.2 Å². The molecule has 0 aliphatic carbocycles. The van der Waals surface area contributed by atoms with Crippen LogP contribution in [-0.4, -0.2) is 18.4 Å². The van der Waals surface area contributed by atoms with Crippen LogP contribution in [0.3, 0.4) is 0 Å². The van der Waals surface area contributed by atoms with Crippen LogP contribution in [0, 0.1) is 5.92 Å². The quantitative estimate of drug-likeness (QED) is 0.621. The fourth-order valence-corrected chi connectivity index (χ4v) is 1.10. The second-order valence-corrected chi connectivity index (χ2v) is 4.19. The molecule has 0 fully saturated rings. The summed E-state index contributed by atoms with van der Waals surface area (Å²) in [5.74, 6) is 0.600. The number of hydrogen-bond donors (Lipinski definition) is 1. The fourth-order valence-electron chi connectivity index (χ4n) is 1.10. The summed E-state index contributed by atoms with van der Waals surface area (Å²) in [7, 11) is 0. The number of rotatable bonds is 7. The SMILES string of the molecule is CC(C)NCCCCC(=O)C(C)C.[HH]. The van der Waals surface area contributed by atoms with E-state index >= 15 is 0 Å². The lowest BCUT2D eigenvalue weighted by atomic mass is 10.0. The van der Waals surface area contributed by atoms with Gasteiger partial charge < -0.3 is 5.32 Å². The molecule has 0 saturated heterocycles. The maximum atomic E-state index is 11.2. The van der Waals surface area contributed by atoms with E-state index in [0.717, 1.165) is 25.8 Å². The summed E-state index contributed by atoms with van der Waals surface area (Å²) in [4.78, 5) is 11.2. The standard InChI is InChI=1S/C11H23NO.H2/c1-9(2)11(13)7-5-6-8-12-10(3)4;/h9-10,12H,5-8H2,1-4H3;1H. The van der Waals surface area contributed by atoms with E-state index in [1.165, 1.54) is 0 Å². The van der Waals surface area contributed by atoms with Gasteiger partial charge in [-0.3, -0.25) is 4.79 Å². The van der Waals surface area contributed by atoms with Crippen LogP contribution in [-0.2, 0) is 4.79 Å². The Balaban J connectivity index is 0. The molecule has 0 atom stereocenters. The van der Waals surface area contributed by atoms with Gasteiger partial charge in [-0.05, 0) is 19.4 Å². The Kier molecular flexibility index (Phi) is 6.87. The van der Waals surface area contributed by atoms with Crippen molar-refractivity contribution < 1.29 is 6.22 Å². The highest BCUT2D eigenvalue weighted by Gasteiger charge is 2.05. The van der Waals surface area contributed by atoms with Gasteiger partial charge in [0.1, 0.15) is 5.78 Å². The molecule has 80 valence electrons. The van der Waals surface area contributed by atoms with Crippen LogP contribution < -0.4 is 5.32 Å². The Bertz CT molecular complexity index is 146. The largest absolute Gasteiger partial charge is 0.315 e. The zero-order valence-corrected chi connectivity index (χ0v) is 9.39. The van der Waals surface area contributed by atoms with Gasteiger partial charge in [0.2, 0.25) is 0 Å². The number of Topliss-reactive ketones (excluding diaryl/α,β-unsaturated/α-hetero) is 1. The highest BCUT2D eigenvalue weighted by atomic mass is 16.1. The third kappa shape index (κ3) is 7.97. The fraction of sp³-hybridized carbons (Fsp3) is 0.909. The first kappa shape index (κ1) is 12.6. The average Bonchev–Trinajstić information content (AvgIpc) is 2.02. The van der Waals surface area contributed by atoms with Crippen molar-refractivity contribution in [3.8, 4) is 0 Å². The van der Waals surface area contributed by atoms with Crippen LogP contribution in [0.1, 0.15) is 48.4 Å². The Morgan fingerprint density at radius 1 is 1.23 bits per heavy atom. The molecule has 13 heavy (non-hydrogen) atoms. The van der Waals surface area contributed by atoms with Crippen molar-refractivity contribution in [2.24, 2.45) is 5.92 Å². The first-order valence-electron chi connectivity index (χ1n) is 5.30. The smallest absolute Gasteiger partial charge is 0.135 e. The van der Waals surface area contributed by atoms with Crippen LogP contribution >= 0.6 is 0 Å². The van der Waals surface area contributed by atoms with E-state index in [9.17, 15) is 4.79 Å². The molecule has 0 aliphatic rings. The van der Waals surface area contributed by atoms with E-state index < -0.39 is 0 Å². The van der Waals surface area contributed by atoms with Crippen molar-refractivity contribution in [2.45, 2.75) is 53.0 Å². The van der Waals surface area contributed by atoms with Gasteiger partial charge in [0.05, 0.1) is 0 Å². The van der Waals surface area contributed by atoms with Crippen LogP contribution in [0.25, 0.3) is 0 Å². The van der Waals surface area contributed by atoms with Gasteiger partial charge in [-0.25, -0.2) is 0 Å². The lowest BCUT2D eigenvalue weighted by molar-refractivity contribution is -0.122. The summed E-state index contributed by atoms with van der Waals surface area (Å²) >= 11 is 0. The zero-order valence-electron chi connectivity index (χ0n) is 9.39. The molecular weight excluding hydrogens is 162 g/mol. The molecule has 0 aliphatic heterocycles. The van der Waals surface area contributed by atoms with Crippen LogP contribution in [0.2, 0.25) is 0 Å². The molecule has 0 radical (unpaired) electrons. The Hall–Kier alpha value is -0.370. The number of hydrogen-bond acceptors (Lipinski definition) is 2. The van der Waals surface area contributed by atoms with E-state index in [0.29, 0.717) is 11.8 Å². The van der Waals surface area contributed by atoms with E-state index in [1.54, 1.807) is 0 Å². The van der Waals surface area contributed by atoms with Gasteiger partial charge in [-0.2, -0.15) is 0 Å². The Morgan fingerprint density at radius 2 is 1.85 bits per heavy atom. The van der Waals surface area contributed by atoms with Crippen molar-refractivity contribution in [3.05, 3.63) is 0 Å². The van der Waals surface area contributed by atoms with Crippen molar-refractivity contribution in [1.29, 1.82) is 0 Å². The molecule has 0 unspecified atom stereocenters. The van der Waals surface area contributed by atoms with Crippen molar-refractivity contribution in [1.82, 2.24) is 5.32 Å². The first-order chi connectivity index (χ1) is 6.04. The number of ketones is 1. The number of carbonyl (C=O) groups is 1. The van der Waals surface area contributed by atoms with Gasteiger partial charge in [0.15, 0.2) is 0 Å². The van der Waals surface area contributed by atoms with Crippen LogP contribution in [0.4, 0.5) is 0 Å². The minimum Gasteiger partial charge on any atom is -0.315 e. The molecule has 0 spiro atoms. The Morgan fingerprint density at radius 3 is 2.31 bits per heavy atom. The summed E-state index contributed by atoms with van der Waals surface area (Å²) in [6.07, 6.45) is 2.88. The normalized spacial score (nSPS) is 11.2.